The highest BCUT2D eigenvalue weighted by Gasteiger charge is 2.17. The Hall–Kier alpha value is -1.87. The van der Waals surface area contributed by atoms with Crippen LogP contribution in [0.5, 0.6) is 5.75 Å². The van der Waals surface area contributed by atoms with Gasteiger partial charge in [0.05, 0.1) is 17.7 Å². The SMILES string of the molecule is CCOc1ccccc1C(=O)c1ccc(Cl)cc1F. The number of ether oxygens (including phenoxy) is 1. The van der Waals surface area contributed by atoms with Gasteiger partial charge in [-0.15, -0.1) is 0 Å². The molecular formula is C15H12ClFO2. The molecule has 0 fully saturated rings. The Morgan fingerprint density at radius 3 is 2.63 bits per heavy atom. The van der Waals surface area contributed by atoms with Gasteiger partial charge in [-0.3, -0.25) is 4.79 Å². The molecule has 2 aromatic carbocycles. The quantitative estimate of drug-likeness (QED) is 0.787. The van der Waals surface area contributed by atoms with E-state index < -0.39 is 11.6 Å². The average Bonchev–Trinajstić information content (AvgIpc) is 2.39. The molecule has 0 atom stereocenters. The summed E-state index contributed by atoms with van der Waals surface area (Å²) < 4.78 is 19.1. The average molecular weight is 279 g/mol. The Balaban J connectivity index is 2.44. The molecule has 0 saturated heterocycles. The number of halogens is 2. The second-order valence-electron chi connectivity index (χ2n) is 3.88. The first-order chi connectivity index (χ1) is 9.13. The van der Waals surface area contributed by atoms with E-state index in [0.717, 1.165) is 6.07 Å². The van der Waals surface area contributed by atoms with Gasteiger partial charge in [0.2, 0.25) is 0 Å². The van der Waals surface area contributed by atoms with Crippen LogP contribution in [0.4, 0.5) is 4.39 Å². The molecule has 19 heavy (non-hydrogen) atoms. The molecule has 0 radical (unpaired) electrons. The van der Waals surface area contributed by atoms with E-state index in [1.54, 1.807) is 24.3 Å². The minimum Gasteiger partial charge on any atom is -0.493 e. The number of benzene rings is 2. The maximum Gasteiger partial charge on any atom is 0.199 e. The molecule has 0 unspecified atom stereocenters. The Kier molecular flexibility index (Phi) is 4.17. The van der Waals surface area contributed by atoms with Crippen molar-refractivity contribution in [3.8, 4) is 5.75 Å². The van der Waals surface area contributed by atoms with Crippen LogP contribution in [0, 0.1) is 5.82 Å². The summed E-state index contributed by atoms with van der Waals surface area (Å²) in [4.78, 5) is 12.3. The van der Waals surface area contributed by atoms with Crippen molar-refractivity contribution in [2.45, 2.75) is 6.92 Å². The lowest BCUT2D eigenvalue weighted by Crippen LogP contribution is -2.07. The van der Waals surface area contributed by atoms with Crippen molar-refractivity contribution in [3.63, 3.8) is 0 Å². The monoisotopic (exact) mass is 278 g/mol. The van der Waals surface area contributed by atoms with Crippen molar-refractivity contribution in [1.29, 1.82) is 0 Å². The van der Waals surface area contributed by atoms with E-state index in [0.29, 0.717) is 17.9 Å². The van der Waals surface area contributed by atoms with E-state index in [9.17, 15) is 9.18 Å². The van der Waals surface area contributed by atoms with Gasteiger partial charge in [-0.2, -0.15) is 0 Å². The highest BCUT2D eigenvalue weighted by molar-refractivity contribution is 6.30. The van der Waals surface area contributed by atoms with Crippen LogP contribution in [0.1, 0.15) is 22.8 Å². The number of carbonyl (C=O) groups is 1. The number of ketones is 1. The lowest BCUT2D eigenvalue weighted by Gasteiger charge is -2.09. The summed E-state index contributed by atoms with van der Waals surface area (Å²) in [5, 5.41) is 0.257. The molecule has 0 aliphatic carbocycles. The third-order valence-corrected chi connectivity index (χ3v) is 2.84. The first-order valence-corrected chi connectivity index (χ1v) is 6.23. The lowest BCUT2D eigenvalue weighted by molar-refractivity contribution is 0.103. The molecule has 0 saturated carbocycles. The molecule has 0 aliphatic rings. The molecule has 0 heterocycles. The first kappa shape index (κ1) is 13.6. The summed E-state index contributed by atoms with van der Waals surface area (Å²) in [5.41, 5.74) is 0.321. The van der Waals surface area contributed by atoms with Gasteiger partial charge in [-0.25, -0.2) is 4.39 Å². The van der Waals surface area contributed by atoms with Crippen molar-refractivity contribution in [1.82, 2.24) is 0 Å². The summed E-state index contributed by atoms with van der Waals surface area (Å²) in [6, 6.07) is 10.8. The number of hydrogen-bond donors (Lipinski definition) is 0. The van der Waals surface area contributed by atoms with Crippen molar-refractivity contribution in [2.75, 3.05) is 6.61 Å². The lowest BCUT2D eigenvalue weighted by atomic mass is 10.0. The summed E-state index contributed by atoms with van der Waals surface area (Å²) in [7, 11) is 0. The third-order valence-electron chi connectivity index (χ3n) is 2.61. The number of hydrogen-bond acceptors (Lipinski definition) is 2. The molecule has 98 valence electrons. The molecule has 2 nitrogen and oxygen atoms in total. The van der Waals surface area contributed by atoms with Gasteiger partial charge in [-0.1, -0.05) is 23.7 Å². The van der Waals surface area contributed by atoms with E-state index in [1.165, 1.54) is 12.1 Å². The number of carbonyl (C=O) groups excluding carboxylic acids is 1. The van der Waals surface area contributed by atoms with Gasteiger partial charge < -0.3 is 4.74 Å². The maximum atomic E-state index is 13.8. The van der Waals surface area contributed by atoms with Gasteiger partial charge in [0.1, 0.15) is 11.6 Å². The zero-order valence-electron chi connectivity index (χ0n) is 10.3. The Labute approximate surface area is 115 Å². The van der Waals surface area contributed by atoms with Gasteiger partial charge >= 0.3 is 0 Å². The summed E-state index contributed by atoms with van der Waals surface area (Å²) >= 11 is 5.67. The first-order valence-electron chi connectivity index (χ1n) is 5.85. The number of para-hydroxylation sites is 1. The Bertz CT molecular complexity index is 611. The van der Waals surface area contributed by atoms with E-state index in [2.05, 4.69) is 0 Å². The molecule has 2 aromatic rings. The van der Waals surface area contributed by atoms with E-state index in [4.69, 9.17) is 16.3 Å². The molecule has 4 heteroatoms. The van der Waals surface area contributed by atoms with Gasteiger partial charge in [0.25, 0.3) is 0 Å². The minimum absolute atomic E-state index is 0.0171. The molecule has 0 N–H and O–H groups in total. The van der Waals surface area contributed by atoms with Crippen LogP contribution in [0.2, 0.25) is 5.02 Å². The van der Waals surface area contributed by atoms with Crippen LogP contribution < -0.4 is 4.74 Å². The number of rotatable bonds is 4. The van der Waals surface area contributed by atoms with Crippen molar-refractivity contribution in [3.05, 3.63) is 64.4 Å². The van der Waals surface area contributed by atoms with E-state index in [-0.39, 0.29) is 10.6 Å². The largest absolute Gasteiger partial charge is 0.493 e. The van der Waals surface area contributed by atoms with Crippen molar-refractivity contribution < 1.29 is 13.9 Å². The summed E-state index contributed by atoms with van der Waals surface area (Å²) in [5.74, 6) is -0.605. The smallest absolute Gasteiger partial charge is 0.199 e. The van der Waals surface area contributed by atoms with Crippen LogP contribution in [-0.4, -0.2) is 12.4 Å². The predicted molar refractivity (Wildman–Crippen MR) is 72.5 cm³/mol. The molecule has 0 amide bonds. The van der Waals surface area contributed by atoms with Crippen molar-refractivity contribution >= 4 is 17.4 Å². The van der Waals surface area contributed by atoms with Gasteiger partial charge in [-0.05, 0) is 37.3 Å². The minimum atomic E-state index is -0.635. The fourth-order valence-electron chi connectivity index (χ4n) is 1.75. The fourth-order valence-corrected chi connectivity index (χ4v) is 1.91. The summed E-state index contributed by atoms with van der Waals surface area (Å²) in [6.07, 6.45) is 0. The predicted octanol–water partition coefficient (Wildman–Crippen LogP) is 4.11. The second kappa shape index (κ2) is 5.85. The highest BCUT2D eigenvalue weighted by Crippen LogP contribution is 2.24. The molecule has 2 rings (SSSR count). The summed E-state index contributed by atoms with van der Waals surface area (Å²) in [6.45, 7) is 2.26. The van der Waals surface area contributed by atoms with E-state index in [1.807, 2.05) is 6.92 Å². The molecule has 0 spiro atoms. The van der Waals surface area contributed by atoms with Crippen molar-refractivity contribution in [2.24, 2.45) is 0 Å². The Morgan fingerprint density at radius 2 is 1.95 bits per heavy atom. The van der Waals surface area contributed by atoms with Crippen LogP contribution in [0.15, 0.2) is 42.5 Å². The van der Waals surface area contributed by atoms with Gasteiger partial charge in [0.15, 0.2) is 5.78 Å². The topological polar surface area (TPSA) is 26.3 Å². The molecule has 0 aliphatic heterocycles. The van der Waals surface area contributed by atoms with Crippen LogP contribution in [-0.2, 0) is 0 Å². The maximum absolute atomic E-state index is 13.8. The molecule has 0 bridgehead atoms. The molecule has 0 aromatic heterocycles. The highest BCUT2D eigenvalue weighted by atomic mass is 35.5. The fraction of sp³-hybridized carbons (Fsp3) is 0.133. The van der Waals surface area contributed by atoms with Crippen LogP contribution >= 0.6 is 11.6 Å². The third kappa shape index (κ3) is 2.93. The van der Waals surface area contributed by atoms with Crippen LogP contribution in [0.25, 0.3) is 0 Å². The Morgan fingerprint density at radius 1 is 1.21 bits per heavy atom. The van der Waals surface area contributed by atoms with Gasteiger partial charge in [0, 0.05) is 5.02 Å². The zero-order valence-corrected chi connectivity index (χ0v) is 11.1. The van der Waals surface area contributed by atoms with Crippen LogP contribution in [0.3, 0.4) is 0 Å². The van der Waals surface area contributed by atoms with E-state index >= 15 is 0 Å². The molecular weight excluding hydrogens is 267 g/mol. The normalized spacial score (nSPS) is 10.3. The zero-order chi connectivity index (χ0) is 13.8. The standard InChI is InChI=1S/C15H12ClFO2/c1-2-19-14-6-4-3-5-12(14)15(18)11-8-7-10(16)9-13(11)17/h3-9H,2H2,1H3. The second-order valence-corrected chi connectivity index (χ2v) is 4.32.